The van der Waals surface area contributed by atoms with E-state index in [1.165, 1.54) is 0 Å². The van der Waals surface area contributed by atoms with Crippen LogP contribution in [0.3, 0.4) is 0 Å². The summed E-state index contributed by atoms with van der Waals surface area (Å²) in [5, 5.41) is 17.7. The van der Waals surface area contributed by atoms with Crippen LogP contribution in [0.15, 0.2) is 28.7 Å². The second-order valence-corrected chi connectivity index (χ2v) is 6.55. The van der Waals surface area contributed by atoms with E-state index in [1.807, 2.05) is 0 Å². The van der Waals surface area contributed by atoms with Gasteiger partial charge in [0.15, 0.2) is 9.84 Å². The lowest BCUT2D eigenvalue weighted by Crippen LogP contribution is -2.25. The molecule has 0 aliphatic carbocycles. The van der Waals surface area contributed by atoms with Crippen LogP contribution >= 0.6 is 15.9 Å². The lowest BCUT2D eigenvalue weighted by Gasteiger charge is -2.08. The predicted molar refractivity (Wildman–Crippen MR) is 64.7 cm³/mol. The Labute approximate surface area is 103 Å². The highest BCUT2D eigenvalue weighted by molar-refractivity contribution is 9.10. The maximum Gasteiger partial charge on any atom is 0.157 e. The zero-order chi connectivity index (χ0) is 12.2. The highest BCUT2D eigenvalue weighted by Gasteiger charge is 2.17. The molecule has 0 aliphatic heterocycles. The number of halogens is 1. The van der Waals surface area contributed by atoms with E-state index in [0.29, 0.717) is 5.56 Å². The van der Waals surface area contributed by atoms with Crippen molar-refractivity contribution in [1.82, 2.24) is 0 Å². The normalized spacial score (nSPS) is 13.7. The monoisotopic (exact) mass is 308 g/mol. The van der Waals surface area contributed by atoms with E-state index in [4.69, 9.17) is 10.2 Å². The van der Waals surface area contributed by atoms with Gasteiger partial charge in [0, 0.05) is 4.47 Å². The summed E-state index contributed by atoms with van der Waals surface area (Å²) in [5.41, 5.74) is 0.652. The van der Waals surface area contributed by atoms with Crippen molar-refractivity contribution in [3.8, 4) is 0 Å². The van der Waals surface area contributed by atoms with Gasteiger partial charge in [-0.3, -0.25) is 0 Å². The molecule has 1 rings (SSSR count). The molecule has 0 amide bonds. The van der Waals surface area contributed by atoms with E-state index >= 15 is 0 Å². The molecule has 1 atom stereocenters. The Balaban J connectivity index is 2.73. The van der Waals surface area contributed by atoms with Crippen molar-refractivity contribution in [2.24, 2.45) is 0 Å². The Kier molecular flexibility index (Phi) is 4.91. The van der Waals surface area contributed by atoms with E-state index in [2.05, 4.69) is 15.9 Å². The molecule has 0 aromatic heterocycles. The van der Waals surface area contributed by atoms with Gasteiger partial charge in [-0.15, -0.1) is 0 Å². The molecule has 0 spiro atoms. The first-order valence-electron chi connectivity index (χ1n) is 4.67. The van der Waals surface area contributed by atoms with Gasteiger partial charge < -0.3 is 10.2 Å². The van der Waals surface area contributed by atoms with E-state index in [0.717, 1.165) is 4.47 Å². The molecule has 0 radical (unpaired) electrons. The molecule has 0 saturated carbocycles. The molecule has 0 fully saturated rings. The van der Waals surface area contributed by atoms with Crippen LogP contribution in [0.25, 0.3) is 0 Å². The lowest BCUT2D eigenvalue weighted by atomic mass is 10.2. The van der Waals surface area contributed by atoms with E-state index < -0.39 is 28.3 Å². The van der Waals surface area contributed by atoms with Crippen molar-refractivity contribution in [3.63, 3.8) is 0 Å². The molecule has 0 aliphatic rings. The maximum atomic E-state index is 11.6. The molecular formula is C10H13BrO4S. The number of aliphatic hydroxyl groups excluding tert-OH is 2. The van der Waals surface area contributed by atoms with Gasteiger partial charge in [-0.25, -0.2) is 8.42 Å². The summed E-state index contributed by atoms with van der Waals surface area (Å²) >= 11 is 3.25. The number of sulfone groups is 1. The summed E-state index contributed by atoms with van der Waals surface area (Å²) in [4.78, 5) is 0. The Hall–Kier alpha value is -0.430. The predicted octanol–water partition coefficient (Wildman–Crippen LogP) is 0.717. The third kappa shape index (κ3) is 4.61. The van der Waals surface area contributed by atoms with Crippen LogP contribution in [-0.2, 0) is 15.6 Å². The van der Waals surface area contributed by atoms with Crippen LogP contribution in [0.2, 0.25) is 0 Å². The highest BCUT2D eigenvalue weighted by Crippen LogP contribution is 2.14. The zero-order valence-corrected chi connectivity index (χ0v) is 10.9. The minimum Gasteiger partial charge on any atom is -0.394 e. The third-order valence-corrected chi connectivity index (χ3v) is 4.09. The fourth-order valence-electron chi connectivity index (χ4n) is 1.29. The van der Waals surface area contributed by atoms with Gasteiger partial charge in [-0.1, -0.05) is 28.1 Å². The topological polar surface area (TPSA) is 74.6 Å². The van der Waals surface area contributed by atoms with Crippen LogP contribution < -0.4 is 0 Å². The van der Waals surface area contributed by atoms with Gasteiger partial charge in [-0.2, -0.15) is 0 Å². The number of benzene rings is 1. The summed E-state index contributed by atoms with van der Waals surface area (Å²) in [7, 11) is -3.39. The number of rotatable bonds is 5. The molecule has 0 bridgehead atoms. The Bertz CT molecular complexity index is 444. The summed E-state index contributed by atoms with van der Waals surface area (Å²) in [5.74, 6) is -0.556. The van der Waals surface area contributed by atoms with Crippen LogP contribution in [0.1, 0.15) is 5.56 Å². The van der Waals surface area contributed by atoms with Crippen molar-refractivity contribution in [1.29, 1.82) is 0 Å². The van der Waals surface area contributed by atoms with E-state index in [-0.39, 0.29) is 5.75 Å². The minimum absolute atomic E-state index is 0.135. The van der Waals surface area contributed by atoms with Gasteiger partial charge in [0.05, 0.1) is 24.2 Å². The number of hydrogen-bond donors (Lipinski definition) is 2. The fraction of sp³-hybridized carbons (Fsp3) is 0.400. The first kappa shape index (κ1) is 13.6. The molecular weight excluding hydrogens is 296 g/mol. The lowest BCUT2D eigenvalue weighted by molar-refractivity contribution is 0.112. The SMILES string of the molecule is O=S(=O)(Cc1cccc(Br)c1)CC(O)CO. The molecule has 4 nitrogen and oxygen atoms in total. The number of aliphatic hydroxyl groups is 2. The molecule has 16 heavy (non-hydrogen) atoms. The second kappa shape index (κ2) is 5.77. The van der Waals surface area contributed by atoms with Crippen LogP contribution in [-0.4, -0.2) is 37.1 Å². The van der Waals surface area contributed by atoms with Crippen molar-refractivity contribution < 1.29 is 18.6 Å². The van der Waals surface area contributed by atoms with Crippen LogP contribution in [0.4, 0.5) is 0 Å². The van der Waals surface area contributed by atoms with Crippen molar-refractivity contribution in [2.45, 2.75) is 11.9 Å². The molecule has 1 aromatic carbocycles. The molecule has 2 N–H and O–H groups in total. The summed E-state index contributed by atoms with van der Waals surface area (Å²) in [6.07, 6.45) is -1.21. The van der Waals surface area contributed by atoms with Crippen LogP contribution in [0, 0.1) is 0 Å². The van der Waals surface area contributed by atoms with Gasteiger partial charge >= 0.3 is 0 Å². The Morgan fingerprint density at radius 1 is 1.38 bits per heavy atom. The van der Waals surface area contributed by atoms with Gasteiger partial charge in [-0.05, 0) is 17.7 Å². The molecule has 0 saturated heterocycles. The summed E-state index contributed by atoms with van der Waals surface area (Å²) < 4.78 is 24.0. The molecule has 1 unspecified atom stereocenters. The average molecular weight is 309 g/mol. The first-order chi connectivity index (χ1) is 7.43. The molecule has 1 aromatic rings. The summed E-state index contributed by atoms with van der Waals surface area (Å²) in [6, 6.07) is 6.96. The molecule has 0 heterocycles. The number of hydrogen-bond acceptors (Lipinski definition) is 4. The third-order valence-electron chi connectivity index (χ3n) is 1.93. The van der Waals surface area contributed by atoms with Crippen molar-refractivity contribution in [2.75, 3.05) is 12.4 Å². The standard InChI is InChI=1S/C10H13BrO4S/c11-9-3-1-2-8(4-9)6-16(14,15)7-10(13)5-12/h1-4,10,12-13H,5-7H2. The quantitative estimate of drug-likeness (QED) is 0.840. The molecule has 6 heteroatoms. The average Bonchev–Trinajstić information content (AvgIpc) is 2.15. The van der Waals surface area contributed by atoms with Crippen LogP contribution in [0.5, 0.6) is 0 Å². The van der Waals surface area contributed by atoms with E-state index in [9.17, 15) is 8.42 Å². The van der Waals surface area contributed by atoms with Gasteiger partial charge in [0.25, 0.3) is 0 Å². The second-order valence-electron chi connectivity index (χ2n) is 3.52. The molecule has 90 valence electrons. The van der Waals surface area contributed by atoms with Crippen molar-refractivity contribution in [3.05, 3.63) is 34.3 Å². The largest absolute Gasteiger partial charge is 0.394 e. The smallest absolute Gasteiger partial charge is 0.157 e. The van der Waals surface area contributed by atoms with E-state index in [1.54, 1.807) is 24.3 Å². The summed E-state index contributed by atoms with van der Waals surface area (Å²) in [6.45, 7) is -0.544. The van der Waals surface area contributed by atoms with Gasteiger partial charge in [0.1, 0.15) is 0 Å². The minimum atomic E-state index is -3.39. The highest BCUT2D eigenvalue weighted by atomic mass is 79.9. The maximum absolute atomic E-state index is 11.6. The Morgan fingerprint density at radius 2 is 2.06 bits per heavy atom. The first-order valence-corrected chi connectivity index (χ1v) is 7.28. The van der Waals surface area contributed by atoms with Crippen molar-refractivity contribution >= 4 is 25.8 Å². The fourth-order valence-corrected chi connectivity index (χ4v) is 3.23. The Morgan fingerprint density at radius 3 is 2.62 bits per heavy atom. The zero-order valence-electron chi connectivity index (χ0n) is 8.51. The van der Waals surface area contributed by atoms with Gasteiger partial charge in [0.2, 0.25) is 0 Å².